The van der Waals surface area contributed by atoms with E-state index in [1.807, 2.05) is 79.7 Å². The fourth-order valence-corrected chi connectivity index (χ4v) is 19.7. The first-order chi connectivity index (χ1) is 30.5. The monoisotopic (exact) mass is 907 g/mol. The molecule has 330 valence electrons. The standard InChI is InChI=1S/C53H57NO7SSi2/c1-39-29-31-43(32-30-39)62(57,58)54-35-41(37-59-63(52(3,4)5,44-21-13-9-14-22-44)45-23-15-10-16-24-45)50-48(54)33-34-49(61-40(2)56)51(50)42(36-55)38-60-64(53(6,7)8,46-25-17-11-18-26-46)47-27-19-12-20-28-47/h9-36,42H,37-38H2,1-8H3. The second-order valence-electron chi connectivity index (χ2n) is 18.4. The van der Waals surface area contributed by atoms with Crippen molar-refractivity contribution in [1.82, 2.24) is 3.97 Å². The Balaban J connectivity index is 1.49. The summed E-state index contributed by atoms with van der Waals surface area (Å²) in [6, 6.07) is 50.6. The summed E-state index contributed by atoms with van der Waals surface area (Å²) in [5, 5.41) is 3.80. The lowest BCUT2D eigenvalue weighted by molar-refractivity contribution is -0.132. The molecule has 0 bridgehead atoms. The van der Waals surface area contributed by atoms with Gasteiger partial charge in [-0.25, -0.2) is 12.4 Å². The van der Waals surface area contributed by atoms with Crippen molar-refractivity contribution in [1.29, 1.82) is 0 Å². The van der Waals surface area contributed by atoms with E-state index in [0.29, 0.717) is 22.0 Å². The molecule has 7 aromatic rings. The molecule has 0 aliphatic rings. The third-order valence-electron chi connectivity index (χ3n) is 12.1. The summed E-state index contributed by atoms with van der Waals surface area (Å²) in [4.78, 5) is 26.9. The van der Waals surface area contributed by atoms with E-state index in [4.69, 9.17) is 13.6 Å². The van der Waals surface area contributed by atoms with Crippen molar-refractivity contribution < 1.29 is 31.6 Å². The Morgan fingerprint density at radius 2 is 1.08 bits per heavy atom. The molecule has 7 rings (SSSR count). The molecule has 0 fully saturated rings. The maximum Gasteiger partial charge on any atom is 0.308 e. The van der Waals surface area contributed by atoms with Gasteiger partial charge in [-0.3, -0.25) is 4.79 Å². The number of carbonyl (C=O) groups is 2. The number of rotatable bonds is 15. The van der Waals surface area contributed by atoms with Crippen molar-refractivity contribution >= 4 is 70.6 Å². The van der Waals surface area contributed by atoms with E-state index in [1.54, 1.807) is 42.6 Å². The zero-order valence-electron chi connectivity index (χ0n) is 37.9. The van der Waals surface area contributed by atoms with Crippen LogP contribution in [0.15, 0.2) is 169 Å². The highest BCUT2D eigenvalue weighted by Crippen LogP contribution is 2.43. The summed E-state index contributed by atoms with van der Waals surface area (Å²) in [5.74, 6) is -1.46. The quantitative estimate of drug-likeness (QED) is 0.0438. The number of benzene rings is 6. The van der Waals surface area contributed by atoms with Crippen molar-refractivity contribution in [2.75, 3.05) is 6.61 Å². The number of ether oxygens (including phenoxy) is 1. The van der Waals surface area contributed by atoms with Crippen LogP contribution in [0.5, 0.6) is 5.75 Å². The van der Waals surface area contributed by atoms with Crippen molar-refractivity contribution in [3.63, 3.8) is 0 Å². The molecule has 6 aromatic carbocycles. The van der Waals surface area contributed by atoms with Crippen LogP contribution in [0, 0.1) is 6.92 Å². The maximum absolute atomic E-state index is 14.8. The summed E-state index contributed by atoms with van der Waals surface area (Å²) < 4.78 is 51.7. The van der Waals surface area contributed by atoms with Gasteiger partial charge in [-0.2, -0.15) is 0 Å². The van der Waals surface area contributed by atoms with Gasteiger partial charge in [0.25, 0.3) is 26.7 Å². The summed E-state index contributed by atoms with van der Waals surface area (Å²) >= 11 is 0. The fraction of sp³-hybridized carbons (Fsp3) is 0.245. The van der Waals surface area contributed by atoms with E-state index < -0.39 is 48.6 Å². The predicted octanol–water partition coefficient (Wildman–Crippen LogP) is 9.05. The topological polar surface area (TPSA) is 101 Å². The Kier molecular flexibility index (Phi) is 13.3. The Morgan fingerprint density at radius 1 is 0.641 bits per heavy atom. The number of nitrogens with zero attached hydrogens (tertiary/aromatic N) is 1. The number of hydrogen-bond acceptors (Lipinski definition) is 7. The van der Waals surface area contributed by atoms with E-state index in [9.17, 15) is 18.0 Å². The number of fused-ring (bicyclic) bond motifs is 1. The van der Waals surface area contributed by atoms with Crippen LogP contribution in [-0.4, -0.2) is 47.9 Å². The molecule has 1 heterocycles. The first kappa shape index (κ1) is 46.3. The smallest absolute Gasteiger partial charge is 0.308 e. The summed E-state index contributed by atoms with van der Waals surface area (Å²) in [6.45, 7) is 16.1. The van der Waals surface area contributed by atoms with Crippen LogP contribution in [0.25, 0.3) is 10.9 Å². The van der Waals surface area contributed by atoms with E-state index in [1.165, 1.54) is 10.9 Å². The normalized spacial score (nSPS) is 13.1. The van der Waals surface area contributed by atoms with Crippen LogP contribution in [0.4, 0.5) is 0 Å². The number of carbonyl (C=O) groups excluding carboxylic acids is 2. The molecular formula is C53H57NO7SSi2. The molecule has 64 heavy (non-hydrogen) atoms. The average molecular weight is 908 g/mol. The molecule has 11 heteroatoms. The van der Waals surface area contributed by atoms with E-state index >= 15 is 0 Å². The lowest BCUT2D eigenvalue weighted by Crippen LogP contribution is -2.66. The van der Waals surface area contributed by atoms with Gasteiger partial charge in [0.1, 0.15) is 12.0 Å². The van der Waals surface area contributed by atoms with Crippen LogP contribution in [0.1, 0.15) is 71.1 Å². The highest BCUT2D eigenvalue weighted by Gasteiger charge is 2.52. The highest BCUT2D eigenvalue weighted by atomic mass is 32.2. The zero-order chi connectivity index (χ0) is 45.9. The van der Waals surface area contributed by atoms with Crippen molar-refractivity contribution in [2.45, 2.75) is 82.9 Å². The molecule has 1 unspecified atom stereocenters. The maximum atomic E-state index is 14.8. The Labute approximate surface area is 380 Å². The van der Waals surface area contributed by atoms with Crippen LogP contribution >= 0.6 is 0 Å². The molecule has 0 aliphatic heterocycles. The van der Waals surface area contributed by atoms with Gasteiger partial charge >= 0.3 is 5.97 Å². The lowest BCUT2D eigenvalue weighted by Gasteiger charge is -2.43. The molecule has 8 nitrogen and oxygen atoms in total. The molecular weight excluding hydrogens is 851 g/mol. The Hall–Kier alpha value is -5.70. The minimum atomic E-state index is -4.21. The van der Waals surface area contributed by atoms with Gasteiger partial charge in [0.05, 0.1) is 22.9 Å². The SMILES string of the molecule is CC(=O)Oc1ccc2c(c(CO[Si](c3ccccc3)(c3ccccc3)C(C)(C)C)cn2S(=O)(=O)c2ccc(C)cc2)c1C(C=O)CO[Si](c1ccccc1)(c1ccccc1)C(C)(C)C. The van der Waals surface area contributed by atoms with Gasteiger partial charge in [0.2, 0.25) is 0 Å². The molecule has 0 N–H and O–H groups in total. The minimum Gasteiger partial charge on any atom is -0.426 e. The van der Waals surface area contributed by atoms with Crippen molar-refractivity contribution in [3.8, 4) is 5.75 Å². The minimum absolute atomic E-state index is 0.0299. The third kappa shape index (κ3) is 8.62. The molecule has 0 saturated heterocycles. The summed E-state index contributed by atoms with van der Waals surface area (Å²) in [6.07, 6.45) is 2.42. The predicted molar refractivity (Wildman–Crippen MR) is 262 cm³/mol. The van der Waals surface area contributed by atoms with Crippen LogP contribution < -0.4 is 25.5 Å². The molecule has 1 aromatic heterocycles. The Morgan fingerprint density at radius 3 is 1.48 bits per heavy atom. The van der Waals surface area contributed by atoms with Crippen molar-refractivity contribution in [2.24, 2.45) is 0 Å². The molecule has 1 atom stereocenters. The van der Waals surface area contributed by atoms with E-state index in [-0.39, 0.29) is 23.9 Å². The second-order valence-corrected chi connectivity index (χ2v) is 28.8. The van der Waals surface area contributed by atoms with Gasteiger partial charge in [0, 0.05) is 36.2 Å². The largest absolute Gasteiger partial charge is 0.426 e. The average Bonchev–Trinajstić information content (AvgIpc) is 3.65. The molecule has 0 spiro atoms. The van der Waals surface area contributed by atoms with Crippen LogP contribution in [0.2, 0.25) is 10.1 Å². The van der Waals surface area contributed by atoms with Gasteiger partial charge in [0.15, 0.2) is 0 Å². The third-order valence-corrected chi connectivity index (χ3v) is 23.8. The van der Waals surface area contributed by atoms with E-state index in [2.05, 4.69) is 90.1 Å². The fourth-order valence-electron chi connectivity index (χ4n) is 9.24. The zero-order valence-corrected chi connectivity index (χ0v) is 40.7. The second kappa shape index (κ2) is 18.4. The number of hydrogen-bond donors (Lipinski definition) is 0. The highest BCUT2D eigenvalue weighted by molar-refractivity contribution is 7.90. The van der Waals surface area contributed by atoms with Gasteiger partial charge in [-0.1, -0.05) is 181 Å². The van der Waals surface area contributed by atoms with Crippen LogP contribution in [-0.2, 0) is 35.1 Å². The molecule has 0 aliphatic carbocycles. The molecule has 0 amide bonds. The summed E-state index contributed by atoms with van der Waals surface area (Å²) in [7, 11) is -10.6. The lowest BCUT2D eigenvalue weighted by atomic mass is 9.94. The summed E-state index contributed by atoms with van der Waals surface area (Å²) in [5.41, 5.74) is 2.09. The Bertz CT molecular complexity index is 2760. The number of aryl methyl sites for hydroxylation is 1. The molecule has 0 saturated carbocycles. The molecule has 0 radical (unpaired) electrons. The van der Waals surface area contributed by atoms with Gasteiger partial charge in [-0.15, -0.1) is 0 Å². The van der Waals surface area contributed by atoms with Gasteiger partial charge < -0.3 is 18.4 Å². The first-order valence-corrected chi connectivity index (χ1v) is 26.8. The van der Waals surface area contributed by atoms with Crippen molar-refractivity contribution in [3.05, 3.63) is 181 Å². The number of aromatic nitrogens is 1. The van der Waals surface area contributed by atoms with Gasteiger partial charge in [-0.05, 0) is 62.0 Å². The number of esters is 1. The van der Waals surface area contributed by atoms with Crippen LogP contribution in [0.3, 0.4) is 0 Å². The first-order valence-electron chi connectivity index (χ1n) is 21.6. The number of aldehydes is 1. The van der Waals surface area contributed by atoms with E-state index in [0.717, 1.165) is 32.6 Å².